The summed E-state index contributed by atoms with van der Waals surface area (Å²) < 4.78 is 0. The van der Waals surface area contributed by atoms with E-state index in [0.29, 0.717) is 19.1 Å². The Kier molecular flexibility index (Phi) is 4.28. The minimum absolute atomic E-state index is 0.176. The van der Waals surface area contributed by atoms with Gasteiger partial charge in [0.05, 0.1) is 18.8 Å². The lowest BCUT2D eigenvalue weighted by Crippen LogP contribution is -2.57. The summed E-state index contributed by atoms with van der Waals surface area (Å²) in [5.41, 5.74) is 0.943. The molecule has 5 heteroatoms. The first kappa shape index (κ1) is 13.0. The topological polar surface area (TPSA) is 48.5 Å². The fraction of sp³-hybridized carbons (Fsp3) is 0.538. The third-order valence-corrected chi connectivity index (χ3v) is 3.31. The molecule has 0 bridgehead atoms. The molecule has 0 radical (unpaired) electrons. The highest BCUT2D eigenvalue weighted by Crippen LogP contribution is 2.11. The van der Waals surface area contributed by atoms with Gasteiger partial charge in [-0.05, 0) is 26.2 Å². The molecule has 1 aliphatic heterocycles. The van der Waals surface area contributed by atoms with Gasteiger partial charge in [-0.3, -0.25) is 14.7 Å². The second-order valence-corrected chi connectivity index (χ2v) is 4.72. The second kappa shape index (κ2) is 5.93. The van der Waals surface area contributed by atoms with E-state index in [0.717, 1.165) is 18.8 Å². The lowest BCUT2D eigenvalue weighted by molar-refractivity contribution is -0.138. The molecule has 1 amide bonds. The van der Waals surface area contributed by atoms with Crippen molar-refractivity contribution in [3.63, 3.8) is 0 Å². The number of hydrogen-bond acceptors (Lipinski definition) is 4. The molecule has 0 saturated carbocycles. The molecule has 0 aromatic carbocycles. The number of rotatable bonds is 4. The molecule has 2 rings (SSSR count). The van der Waals surface area contributed by atoms with Crippen LogP contribution >= 0.6 is 0 Å². The Hall–Kier alpha value is -1.46. The predicted octanol–water partition coefficient (Wildman–Crippen LogP) is -0.0564. The van der Waals surface area contributed by atoms with Gasteiger partial charge in [0, 0.05) is 25.3 Å². The Balaban J connectivity index is 2.01. The number of carbonyl (C=O) groups excluding carboxylic acids is 1. The number of piperazine rings is 1. The average Bonchev–Trinajstić information content (AvgIpc) is 2.37. The number of pyridine rings is 1. The predicted molar refractivity (Wildman–Crippen MR) is 70.0 cm³/mol. The van der Waals surface area contributed by atoms with Gasteiger partial charge in [-0.2, -0.15) is 0 Å². The maximum absolute atomic E-state index is 12.0. The Labute approximate surface area is 108 Å². The van der Waals surface area contributed by atoms with Crippen molar-refractivity contribution in [2.75, 3.05) is 33.7 Å². The van der Waals surface area contributed by atoms with E-state index in [1.165, 1.54) is 0 Å². The summed E-state index contributed by atoms with van der Waals surface area (Å²) in [5, 5.41) is 3.17. The highest BCUT2D eigenvalue weighted by atomic mass is 16.2. The molecule has 1 aromatic rings. The normalized spacial score (nSPS) is 21.3. The largest absolute Gasteiger partial charge is 0.334 e. The first-order valence-electron chi connectivity index (χ1n) is 6.23. The van der Waals surface area contributed by atoms with Gasteiger partial charge in [-0.15, -0.1) is 0 Å². The van der Waals surface area contributed by atoms with E-state index in [1.807, 2.05) is 37.2 Å². The van der Waals surface area contributed by atoms with E-state index in [2.05, 4.69) is 15.2 Å². The molecule has 1 unspecified atom stereocenters. The molecule has 5 nitrogen and oxygen atoms in total. The zero-order valence-corrected chi connectivity index (χ0v) is 11.0. The molecule has 1 aliphatic rings. The van der Waals surface area contributed by atoms with Gasteiger partial charge in [0.2, 0.25) is 5.91 Å². The standard InChI is InChI=1S/C13H20N4O/c1-14-7-12-9-17(13(18)10-16(12)2)8-11-5-3-4-6-15-11/h3-6,12,14H,7-10H2,1-2H3. The van der Waals surface area contributed by atoms with Crippen LogP contribution in [0, 0.1) is 0 Å². The summed E-state index contributed by atoms with van der Waals surface area (Å²) >= 11 is 0. The van der Waals surface area contributed by atoms with Crippen molar-refractivity contribution in [2.45, 2.75) is 12.6 Å². The summed E-state index contributed by atoms with van der Waals surface area (Å²) in [6, 6.07) is 6.17. The van der Waals surface area contributed by atoms with Crippen LogP contribution < -0.4 is 5.32 Å². The van der Waals surface area contributed by atoms with Gasteiger partial charge < -0.3 is 10.2 Å². The van der Waals surface area contributed by atoms with Crippen LogP contribution in [0.2, 0.25) is 0 Å². The van der Waals surface area contributed by atoms with Gasteiger partial charge in [-0.1, -0.05) is 6.07 Å². The van der Waals surface area contributed by atoms with Gasteiger partial charge >= 0.3 is 0 Å². The zero-order valence-electron chi connectivity index (χ0n) is 11.0. The van der Waals surface area contributed by atoms with Crippen molar-refractivity contribution in [3.8, 4) is 0 Å². The van der Waals surface area contributed by atoms with Crippen LogP contribution in [0.4, 0.5) is 0 Å². The molecular formula is C13H20N4O. The Bertz CT molecular complexity index is 395. The first-order chi connectivity index (χ1) is 8.70. The number of nitrogens with one attached hydrogen (secondary N) is 1. The summed E-state index contributed by atoms with van der Waals surface area (Å²) in [6.45, 7) is 2.74. The average molecular weight is 248 g/mol. The van der Waals surface area contributed by atoms with E-state index in [1.54, 1.807) is 6.20 Å². The van der Waals surface area contributed by atoms with E-state index in [4.69, 9.17) is 0 Å². The molecule has 1 aromatic heterocycles. The summed E-state index contributed by atoms with van der Waals surface area (Å²) in [7, 11) is 3.94. The number of hydrogen-bond donors (Lipinski definition) is 1. The van der Waals surface area contributed by atoms with Crippen LogP contribution in [0.1, 0.15) is 5.69 Å². The highest BCUT2D eigenvalue weighted by molar-refractivity contribution is 5.79. The minimum atomic E-state index is 0.176. The maximum Gasteiger partial charge on any atom is 0.237 e. The fourth-order valence-corrected chi connectivity index (χ4v) is 2.23. The van der Waals surface area contributed by atoms with Crippen LogP contribution in [-0.2, 0) is 11.3 Å². The molecule has 1 saturated heterocycles. The minimum Gasteiger partial charge on any atom is -0.334 e. The van der Waals surface area contributed by atoms with Crippen molar-refractivity contribution >= 4 is 5.91 Å². The Morgan fingerprint density at radius 2 is 2.33 bits per heavy atom. The van der Waals surface area contributed by atoms with Gasteiger partial charge in [0.1, 0.15) is 0 Å². The van der Waals surface area contributed by atoms with Crippen LogP contribution in [0.5, 0.6) is 0 Å². The van der Waals surface area contributed by atoms with Crippen LogP contribution in [0.25, 0.3) is 0 Å². The van der Waals surface area contributed by atoms with E-state index >= 15 is 0 Å². The highest BCUT2D eigenvalue weighted by Gasteiger charge is 2.29. The molecule has 0 spiro atoms. The van der Waals surface area contributed by atoms with E-state index in [-0.39, 0.29) is 5.91 Å². The molecule has 2 heterocycles. The lowest BCUT2D eigenvalue weighted by atomic mass is 10.1. The Morgan fingerprint density at radius 1 is 1.50 bits per heavy atom. The smallest absolute Gasteiger partial charge is 0.237 e. The van der Waals surface area contributed by atoms with Gasteiger partial charge in [0.25, 0.3) is 0 Å². The van der Waals surface area contributed by atoms with Crippen molar-refractivity contribution in [3.05, 3.63) is 30.1 Å². The third-order valence-electron chi connectivity index (χ3n) is 3.31. The van der Waals surface area contributed by atoms with E-state index < -0.39 is 0 Å². The molecule has 0 aliphatic carbocycles. The monoisotopic (exact) mass is 248 g/mol. The molecule has 1 atom stereocenters. The summed E-state index contributed by atoms with van der Waals surface area (Å²) in [4.78, 5) is 20.3. The molecular weight excluding hydrogens is 228 g/mol. The molecule has 1 N–H and O–H groups in total. The van der Waals surface area contributed by atoms with Gasteiger partial charge in [-0.25, -0.2) is 0 Å². The van der Waals surface area contributed by atoms with Crippen LogP contribution in [0.3, 0.4) is 0 Å². The van der Waals surface area contributed by atoms with Crippen molar-refractivity contribution in [1.29, 1.82) is 0 Å². The van der Waals surface area contributed by atoms with Crippen LogP contribution in [0.15, 0.2) is 24.4 Å². The molecule has 1 fully saturated rings. The number of aromatic nitrogens is 1. The van der Waals surface area contributed by atoms with E-state index in [9.17, 15) is 4.79 Å². The second-order valence-electron chi connectivity index (χ2n) is 4.72. The lowest BCUT2D eigenvalue weighted by Gasteiger charge is -2.38. The fourth-order valence-electron chi connectivity index (χ4n) is 2.23. The number of likely N-dealkylation sites (N-methyl/N-ethyl adjacent to an activating group) is 2. The summed E-state index contributed by atoms with van der Waals surface area (Å²) in [5.74, 6) is 0.176. The van der Waals surface area contributed by atoms with Crippen molar-refractivity contribution in [1.82, 2.24) is 20.1 Å². The van der Waals surface area contributed by atoms with Crippen LogP contribution in [-0.4, -0.2) is 60.5 Å². The number of amides is 1. The molecule has 98 valence electrons. The first-order valence-corrected chi connectivity index (χ1v) is 6.23. The SMILES string of the molecule is CNCC1CN(Cc2ccccn2)C(=O)CN1C. The number of nitrogens with zero attached hydrogens (tertiary/aromatic N) is 3. The zero-order chi connectivity index (χ0) is 13.0. The number of carbonyl (C=O) groups is 1. The Morgan fingerprint density at radius 3 is 3.00 bits per heavy atom. The maximum atomic E-state index is 12.0. The quantitative estimate of drug-likeness (QED) is 0.811. The summed E-state index contributed by atoms with van der Waals surface area (Å²) in [6.07, 6.45) is 1.76. The van der Waals surface area contributed by atoms with Crippen molar-refractivity contribution < 1.29 is 4.79 Å². The van der Waals surface area contributed by atoms with Crippen molar-refractivity contribution in [2.24, 2.45) is 0 Å². The third kappa shape index (κ3) is 3.05. The molecule has 18 heavy (non-hydrogen) atoms. The van der Waals surface area contributed by atoms with Gasteiger partial charge in [0.15, 0.2) is 0 Å².